The number of nitrogens with one attached hydrogen (secondary N) is 1. The number of hydrogen-bond acceptors (Lipinski definition) is 3. The van der Waals surface area contributed by atoms with E-state index in [0.29, 0.717) is 12.3 Å². The fourth-order valence-electron chi connectivity index (χ4n) is 2.01. The third-order valence-electron chi connectivity index (χ3n) is 3.26. The van der Waals surface area contributed by atoms with Gasteiger partial charge in [-0.1, -0.05) is 39.0 Å². The molecule has 110 valence electrons. The standard InChI is InChI=1S/C17H21N3O/c1-17(2,3)13-6-8-14(9-7-13)21-11-12-5-4-10-20-15(12)16(18)19/h4-10H,11H2,1-3H3,(H3,18,19). The lowest BCUT2D eigenvalue weighted by Gasteiger charge is -2.19. The van der Waals surface area contributed by atoms with Gasteiger partial charge in [0.05, 0.1) is 0 Å². The molecule has 0 saturated heterocycles. The van der Waals surface area contributed by atoms with Crippen molar-refractivity contribution < 1.29 is 4.74 Å². The highest BCUT2D eigenvalue weighted by Gasteiger charge is 2.13. The van der Waals surface area contributed by atoms with Gasteiger partial charge in [-0.25, -0.2) is 0 Å². The van der Waals surface area contributed by atoms with E-state index >= 15 is 0 Å². The molecule has 4 nitrogen and oxygen atoms in total. The highest BCUT2D eigenvalue weighted by atomic mass is 16.5. The summed E-state index contributed by atoms with van der Waals surface area (Å²) in [7, 11) is 0. The van der Waals surface area contributed by atoms with Crippen LogP contribution in [0.25, 0.3) is 0 Å². The Morgan fingerprint density at radius 1 is 1.19 bits per heavy atom. The molecule has 21 heavy (non-hydrogen) atoms. The number of nitrogen functional groups attached to an aromatic ring is 1. The van der Waals surface area contributed by atoms with E-state index in [2.05, 4.69) is 37.9 Å². The lowest BCUT2D eigenvalue weighted by atomic mass is 9.87. The average molecular weight is 283 g/mol. The largest absolute Gasteiger partial charge is 0.489 e. The second-order valence-electron chi connectivity index (χ2n) is 5.99. The quantitative estimate of drug-likeness (QED) is 0.668. The second kappa shape index (κ2) is 5.95. The van der Waals surface area contributed by atoms with Crippen LogP contribution >= 0.6 is 0 Å². The number of rotatable bonds is 4. The average Bonchev–Trinajstić information content (AvgIpc) is 2.45. The summed E-state index contributed by atoms with van der Waals surface area (Å²) in [5, 5.41) is 7.52. The van der Waals surface area contributed by atoms with Gasteiger partial charge in [-0.05, 0) is 29.2 Å². The first-order chi connectivity index (χ1) is 9.88. The highest BCUT2D eigenvalue weighted by molar-refractivity contribution is 5.94. The lowest BCUT2D eigenvalue weighted by molar-refractivity contribution is 0.305. The molecule has 0 aliphatic carbocycles. The predicted molar refractivity (Wildman–Crippen MR) is 84.7 cm³/mol. The number of aromatic nitrogens is 1. The van der Waals surface area contributed by atoms with Crippen LogP contribution in [-0.4, -0.2) is 10.8 Å². The van der Waals surface area contributed by atoms with Gasteiger partial charge in [-0.3, -0.25) is 10.4 Å². The van der Waals surface area contributed by atoms with E-state index in [1.165, 1.54) is 5.56 Å². The summed E-state index contributed by atoms with van der Waals surface area (Å²) in [6.07, 6.45) is 1.62. The van der Waals surface area contributed by atoms with Gasteiger partial charge in [0.25, 0.3) is 0 Å². The number of hydrogen-bond donors (Lipinski definition) is 2. The molecule has 2 aromatic rings. The SMILES string of the molecule is CC(C)(C)c1ccc(OCc2cccnc2C(=N)N)cc1. The van der Waals surface area contributed by atoms with Crippen LogP contribution in [0, 0.1) is 5.41 Å². The molecule has 2 rings (SSSR count). The fraction of sp³-hybridized carbons (Fsp3) is 0.294. The summed E-state index contributed by atoms with van der Waals surface area (Å²) >= 11 is 0. The van der Waals surface area contributed by atoms with E-state index in [0.717, 1.165) is 11.3 Å². The smallest absolute Gasteiger partial charge is 0.142 e. The topological polar surface area (TPSA) is 72.0 Å². The Kier molecular flexibility index (Phi) is 4.26. The van der Waals surface area contributed by atoms with Gasteiger partial charge >= 0.3 is 0 Å². The molecule has 0 unspecified atom stereocenters. The minimum atomic E-state index is -0.0442. The molecule has 1 aromatic carbocycles. The van der Waals surface area contributed by atoms with Crippen LogP contribution in [0.5, 0.6) is 5.75 Å². The van der Waals surface area contributed by atoms with Gasteiger partial charge in [0, 0.05) is 11.8 Å². The maximum absolute atomic E-state index is 7.52. The first-order valence-corrected chi connectivity index (χ1v) is 6.89. The molecule has 1 aromatic heterocycles. The zero-order valence-electron chi connectivity index (χ0n) is 12.7. The summed E-state index contributed by atoms with van der Waals surface area (Å²) in [5.41, 5.74) is 8.20. The van der Waals surface area contributed by atoms with E-state index in [9.17, 15) is 0 Å². The molecule has 0 amide bonds. The van der Waals surface area contributed by atoms with Crippen molar-refractivity contribution >= 4 is 5.84 Å². The van der Waals surface area contributed by atoms with Gasteiger partial charge in [-0.15, -0.1) is 0 Å². The van der Waals surface area contributed by atoms with Crippen LogP contribution in [0.3, 0.4) is 0 Å². The minimum Gasteiger partial charge on any atom is -0.489 e. The number of pyridine rings is 1. The summed E-state index contributed by atoms with van der Waals surface area (Å²) in [6.45, 7) is 6.88. The number of nitrogens with two attached hydrogens (primary N) is 1. The third kappa shape index (κ3) is 3.81. The van der Waals surface area contributed by atoms with Gasteiger partial charge in [0.15, 0.2) is 0 Å². The molecule has 0 aliphatic heterocycles. The van der Waals surface area contributed by atoms with Crippen LogP contribution < -0.4 is 10.5 Å². The first-order valence-electron chi connectivity index (χ1n) is 6.89. The Balaban J connectivity index is 2.09. The van der Waals surface area contributed by atoms with E-state index in [-0.39, 0.29) is 11.3 Å². The lowest BCUT2D eigenvalue weighted by Crippen LogP contribution is -2.16. The zero-order valence-corrected chi connectivity index (χ0v) is 12.7. The predicted octanol–water partition coefficient (Wildman–Crippen LogP) is 3.24. The van der Waals surface area contributed by atoms with Gasteiger partial charge in [0.1, 0.15) is 23.9 Å². The molecular weight excluding hydrogens is 262 g/mol. The molecule has 0 saturated carbocycles. The molecular formula is C17H21N3O. The molecule has 0 spiro atoms. The third-order valence-corrected chi connectivity index (χ3v) is 3.26. The van der Waals surface area contributed by atoms with Crippen LogP contribution in [0.15, 0.2) is 42.6 Å². The Hall–Kier alpha value is -2.36. The summed E-state index contributed by atoms with van der Waals surface area (Å²) in [4.78, 5) is 4.11. The normalized spacial score (nSPS) is 11.2. The van der Waals surface area contributed by atoms with Crippen molar-refractivity contribution in [1.29, 1.82) is 5.41 Å². The Morgan fingerprint density at radius 2 is 1.86 bits per heavy atom. The van der Waals surface area contributed by atoms with E-state index in [4.69, 9.17) is 15.9 Å². The Morgan fingerprint density at radius 3 is 2.43 bits per heavy atom. The molecule has 0 fully saturated rings. The van der Waals surface area contributed by atoms with Crippen molar-refractivity contribution in [3.63, 3.8) is 0 Å². The zero-order chi connectivity index (χ0) is 15.5. The van der Waals surface area contributed by atoms with Gasteiger partial charge in [-0.2, -0.15) is 0 Å². The molecule has 0 bridgehead atoms. The maximum atomic E-state index is 7.52. The van der Waals surface area contributed by atoms with Crippen LogP contribution in [-0.2, 0) is 12.0 Å². The number of amidine groups is 1. The first kappa shape index (κ1) is 15.0. The minimum absolute atomic E-state index is 0.0442. The summed E-state index contributed by atoms with van der Waals surface area (Å²) in [5.74, 6) is 0.749. The van der Waals surface area contributed by atoms with Crippen molar-refractivity contribution in [1.82, 2.24) is 4.98 Å². The van der Waals surface area contributed by atoms with Crippen molar-refractivity contribution in [3.05, 3.63) is 59.4 Å². The van der Waals surface area contributed by atoms with Crippen molar-refractivity contribution in [2.45, 2.75) is 32.8 Å². The van der Waals surface area contributed by atoms with Crippen molar-refractivity contribution in [2.75, 3.05) is 0 Å². The molecule has 0 atom stereocenters. The number of ether oxygens (including phenoxy) is 1. The molecule has 0 aliphatic rings. The molecule has 3 N–H and O–H groups in total. The van der Waals surface area contributed by atoms with Crippen LogP contribution in [0.1, 0.15) is 37.6 Å². The molecule has 0 radical (unpaired) electrons. The summed E-state index contributed by atoms with van der Waals surface area (Å²) < 4.78 is 5.76. The Bertz CT molecular complexity index is 627. The van der Waals surface area contributed by atoms with Gasteiger partial charge < -0.3 is 10.5 Å². The van der Waals surface area contributed by atoms with E-state index in [1.807, 2.05) is 24.3 Å². The van der Waals surface area contributed by atoms with Crippen LogP contribution in [0.2, 0.25) is 0 Å². The maximum Gasteiger partial charge on any atom is 0.142 e. The number of nitrogens with zero attached hydrogens (tertiary/aromatic N) is 1. The monoisotopic (exact) mass is 283 g/mol. The Labute approximate surface area is 125 Å². The fourth-order valence-corrected chi connectivity index (χ4v) is 2.01. The van der Waals surface area contributed by atoms with E-state index in [1.54, 1.807) is 6.20 Å². The molecule has 4 heteroatoms. The van der Waals surface area contributed by atoms with E-state index < -0.39 is 0 Å². The molecule has 1 heterocycles. The highest BCUT2D eigenvalue weighted by Crippen LogP contribution is 2.24. The van der Waals surface area contributed by atoms with Crippen molar-refractivity contribution in [3.8, 4) is 5.75 Å². The summed E-state index contributed by atoms with van der Waals surface area (Å²) in [6, 6.07) is 11.8. The number of benzene rings is 1. The second-order valence-corrected chi connectivity index (χ2v) is 5.99. The van der Waals surface area contributed by atoms with Crippen LogP contribution in [0.4, 0.5) is 0 Å². The van der Waals surface area contributed by atoms with Crippen molar-refractivity contribution in [2.24, 2.45) is 5.73 Å². The van der Waals surface area contributed by atoms with Gasteiger partial charge in [0.2, 0.25) is 0 Å².